The number of benzene rings is 1. The van der Waals surface area contributed by atoms with E-state index in [0.29, 0.717) is 11.5 Å². The fraction of sp³-hybridized carbons (Fsp3) is 0.545. The second-order valence-electron chi connectivity index (χ2n) is 8.36. The number of nitrogens with two attached hydrogens (primary N) is 1. The van der Waals surface area contributed by atoms with E-state index in [1.807, 2.05) is 32.0 Å². The zero-order chi connectivity index (χ0) is 21.8. The van der Waals surface area contributed by atoms with Crippen LogP contribution in [-0.4, -0.2) is 39.1 Å². The number of anilines is 1. The summed E-state index contributed by atoms with van der Waals surface area (Å²) in [4.78, 5) is 16.4. The van der Waals surface area contributed by atoms with E-state index in [2.05, 4.69) is 33.8 Å². The number of amides is 1. The predicted molar refractivity (Wildman–Crippen MR) is 119 cm³/mol. The van der Waals surface area contributed by atoms with Crippen LogP contribution in [0.1, 0.15) is 58.7 Å². The first-order valence-corrected chi connectivity index (χ1v) is 10.6. The monoisotopic (exact) mass is 412 g/mol. The Labute approximate surface area is 177 Å². The van der Waals surface area contributed by atoms with Crippen molar-refractivity contribution < 1.29 is 9.53 Å². The third-order valence-electron chi connectivity index (χ3n) is 5.48. The summed E-state index contributed by atoms with van der Waals surface area (Å²) in [6, 6.07) is 5.83. The van der Waals surface area contributed by atoms with Crippen LogP contribution in [0.15, 0.2) is 18.2 Å². The number of aromatic nitrogens is 4. The maximum atomic E-state index is 11.6. The Morgan fingerprint density at radius 3 is 2.60 bits per heavy atom. The molecule has 0 spiro atoms. The minimum atomic E-state index is -0.213. The molecular weight excluding hydrogens is 380 g/mol. The molecule has 0 fully saturated rings. The number of fused-ring (bicyclic) bond motifs is 3. The van der Waals surface area contributed by atoms with Crippen molar-refractivity contribution in [2.24, 2.45) is 17.6 Å². The smallest absolute Gasteiger partial charge is 0.220 e. The molecule has 0 saturated heterocycles. The first kappa shape index (κ1) is 21.8. The quantitative estimate of drug-likeness (QED) is 0.491. The van der Waals surface area contributed by atoms with Gasteiger partial charge >= 0.3 is 0 Å². The highest BCUT2D eigenvalue weighted by Crippen LogP contribution is 2.27. The predicted octanol–water partition coefficient (Wildman–Crippen LogP) is 3.75. The summed E-state index contributed by atoms with van der Waals surface area (Å²) in [5.41, 5.74) is 8.00. The van der Waals surface area contributed by atoms with E-state index in [4.69, 9.17) is 15.5 Å². The summed E-state index contributed by atoms with van der Waals surface area (Å²) in [6.07, 6.45) is 2.63. The molecule has 0 radical (unpaired) electrons. The molecular formula is C22H32N6O2. The number of primary amides is 1. The largest absolute Gasteiger partial charge is 0.497 e. The van der Waals surface area contributed by atoms with Crippen molar-refractivity contribution in [3.05, 3.63) is 24.0 Å². The van der Waals surface area contributed by atoms with Gasteiger partial charge in [0.15, 0.2) is 5.82 Å². The van der Waals surface area contributed by atoms with Gasteiger partial charge in [-0.1, -0.05) is 34.1 Å². The Balaban J connectivity index is 1.82. The maximum Gasteiger partial charge on any atom is 0.220 e. The second-order valence-corrected chi connectivity index (χ2v) is 8.36. The van der Waals surface area contributed by atoms with Crippen LogP contribution in [0.2, 0.25) is 0 Å². The molecule has 2 aromatic heterocycles. The van der Waals surface area contributed by atoms with Crippen molar-refractivity contribution in [1.29, 1.82) is 0 Å². The van der Waals surface area contributed by atoms with Gasteiger partial charge in [-0.3, -0.25) is 9.20 Å². The normalized spacial score (nSPS) is 12.8. The number of methoxy groups -OCH3 is 1. The Morgan fingerprint density at radius 1 is 1.20 bits per heavy atom. The average Bonchev–Trinajstić information content (AvgIpc) is 3.15. The van der Waals surface area contributed by atoms with Gasteiger partial charge in [-0.2, -0.15) is 0 Å². The standard InChI is InChI=1S/C22H32N6O2/c1-13(2)16(19(23)29)8-6-7-11-24-20-22-27-26-21(14(3)4)28(22)18-10-9-15(30-5)12-17(18)25-20/h9-10,12-14,16H,6-8,11H2,1-5H3,(H2,23,29)(H,24,25). The number of carbonyl (C=O) groups is 1. The first-order valence-electron chi connectivity index (χ1n) is 10.6. The van der Waals surface area contributed by atoms with E-state index in [-0.39, 0.29) is 23.7 Å². The molecule has 1 atom stereocenters. The van der Waals surface area contributed by atoms with Crippen molar-refractivity contribution in [2.75, 3.05) is 19.0 Å². The van der Waals surface area contributed by atoms with Crippen LogP contribution < -0.4 is 15.8 Å². The van der Waals surface area contributed by atoms with Gasteiger partial charge in [0.1, 0.15) is 11.6 Å². The van der Waals surface area contributed by atoms with Crippen LogP contribution in [0, 0.1) is 11.8 Å². The summed E-state index contributed by atoms with van der Waals surface area (Å²) in [5.74, 6) is 2.55. The molecule has 3 rings (SSSR count). The van der Waals surface area contributed by atoms with Gasteiger partial charge < -0.3 is 15.8 Å². The molecule has 162 valence electrons. The minimum absolute atomic E-state index is 0.0759. The van der Waals surface area contributed by atoms with Crippen LogP contribution in [0.4, 0.5) is 5.82 Å². The molecule has 3 N–H and O–H groups in total. The van der Waals surface area contributed by atoms with Gasteiger partial charge in [0.05, 0.1) is 18.1 Å². The van der Waals surface area contributed by atoms with Crippen molar-refractivity contribution in [2.45, 2.75) is 52.9 Å². The number of carbonyl (C=O) groups excluding carboxylic acids is 1. The molecule has 0 bridgehead atoms. The van der Waals surface area contributed by atoms with Crippen LogP contribution in [0.25, 0.3) is 16.7 Å². The Hall–Kier alpha value is -2.90. The van der Waals surface area contributed by atoms with E-state index < -0.39 is 0 Å². The molecule has 0 saturated carbocycles. The molecule has 30 heavy (non-hydrogen) atoms. The van der Waals surface area contributed by atoms with Crippen LogP contribution >= 0.6 is 0 Å². The number of unbranched alkanes of at least 4 members (excludes halogenated alkanes) is 1. The summed E-state index contributed by atoms with van der Waals surface area (Å²) < 4.78 is 7.43. The minimum Gasteiger partial charge on any atom is -0.497 e. The fourth-order valence-electron chi connectivity index (χ4n) is 3.76. The summed E-state index contributed by atoms with van der Waals surface area (Å²) in [7, 11) is 1.65. The molecule has 1 aromatic carbocycles. The fourth-order valence-corrected chi connectivity index (χ4v) is 3.76. The maximum absolute atomic E-state index is 11.6. The summed E-state index contributed by atoms with van der Waals surface area (Å²) in [5, 5.41) is 12.2. The van der Waals surface area contributed by atoms with Gasteiger partial charge in [-0.25, -0.2) is 4.98 Å². The van der Waals surface area contributed by atoms with Gasteiger partial charge in [0.2, 0.25) is 11.6 Å². The van der Waals surface area contributed by atoms with E-state index in [0.717, 1.165) is 48.4 Å². The van der Waals surface area contributed by atoms with E-state index in [1.54, 1.807) is 7.11 Å². The molecule has 0 aliphatic rings. The second kappa shape index (κ2) is 9.28. The molecule has 0 aliphatic heterocycles. The Kier molecular flexibility index (Phi) is 6.74. The first-order chi connectivity index (χ1) is 14.3. The number of rotatable bonds is 10. The lowest BCUT2D eigenvalue weighted by Crippen LogP contribution is -2.27. The van der Waals surface area contributed by atoms with Gasteiger partial charge in [-0.15, -0.1) is 10.2 Å². The van der Waals surface area contributed by atoms with E-state index >= 15 is 0 Å². The lowest BCUT2D eigenvalue weighted by atomic mass is 9.90. The third-order valence-corrected chi connectivity index (χ3v) is 5.48. The van der Waals surface area contributed by atoms with Gasteiger partial charge in [0.25, 0.3) is 0 Å². The number of hydrogen-bond donors (Lipinski definition) is 2. The molecule has 1 amide bonds. The summed E-state index contributed by atoms with van der Waals surface area (Å²) in [6.45, 7) is 9.00. The average molecular weight is 413 g/mol. The lowest BCUT2D eigenvalue weighted by Gasteiger charge is -2.17. The topological polar surface area (TPSA) is 107 Å². The van der Waals surface area contributed by atoms with Crippen molar-refractivity contribution >= 4 is 28.4 Å². The lowest BCUT2D eigenvalue weighted by molar-refractivity contribution is -0.123. The highest BCUT2D eigenvalue weighted by Gasteiger charge is 2.19. The highest BCUT2D eigenvalue weighted by atomic mass is 16.5. The van der Waals surface area contributed by atoms with Crippen molar-refractivity contribution in [3.8, 4) is 5.75 Å². The number of hydrogen-bond acceptors (Lipinski definition) is 6. The van der Waals surface area contributed by atoms with Gasteiger partial charge in [0, 0.05) is 24.4 Å². The molecule has 3 aromatic rings. The molecule has 8 heteroatoms. The zero-order valence-corrected chi connectivity index (χ0v) is 18.5. The molecule has 2 heterocycles. The molecule has 8 nitrogen and oxygen atoms in total. The van der Waals surface area contributed by atoms with E-state index in [1.165, 1.54) is 0 Å². The molecule has 1 unspecified atom stereocenters. The summed E-state index contributed by atoms with van der Waals surface area (Å²) >= 11 is 0. The highest BCUT2D eigenvalue weighted by molar-refractivity contribution is 5.84. The van der Waals surface area contributed by atoms with Crippen molar-refractivity contribution in [1.82, 2.24) is 19.6 Å². The van der Waals surface area contributed by atoms with Crippen LogP contribution in [-0.2, 0) is 4.79 Å². The Bertz CT molecular complexity index is 1030. The number of nitrogens with one attached hydrogen (secondary N) is 1. The number of nitrogens with zero attached hydrogens (tertiary/aromatic N) is 4. The van der Waals surface area contributed by atoms with E-state index in [9.17, 15) is 4.79 Å². The van der Waals surface area contributed by atoms with Crippen LogP contribution in [0.5, 0.6) is 5.75 Å². The molecule has 0 aliphatic carbocycles. The number of ether oxygens (including phenoxy) is 1. The van der Waals surface area contributed by atoms with Gasteiger partial charge in [-0.05, 0) is 30.9 Å². The van der Waals surface area contributed by atoms with Crippen LogP contribution in [0.3, 0.4) is 0 Å². The third kappa shape index (κ3) is 4.47. The SMILES string of the molecule is COc1ccc2c(c1)nc(NCCCCC(C(N)=O)C(C)C)c1nnc(C(C)C)n12. The zero-order valence-electron chi connectivity index (χ0n) is 18.5. The van der Waals surface area contributed by atoms with Crippen molar-refractivity contribution in [3.63, 3.8) is 0 Å². The Morgan fingerprint density at radius 2 is 1.97 bits per heavy atom.